The molecule has 1 atom stereocenters. The lowest BCUT2D eigenvalue weighted by molar-refractivity contribution is 0.872. The Hall–Kier alpha value is -2.42. The fourth-order valence-electron chi connectivity index (χ4n) is 2.37. The molecule has 1 unspecified atom stereocenters. The van der Waals surface area contributed by atoms with Crippen LogP contribution in [0.25, 0.3) is 11.0 Å². The monoisotopic (exact) mass is 277 g/mol. The van der Waals surface area contributed by atoms with Crippen LogP contribution in [0, 0.1) is 0 Å². The number of benzene rings is 2. The van der Waals surface area contributed by atoms with Crippen molar-refractivity contribution in [2.45, 2.75) is 26.3 Å². The summed E-state index contributed by atoms with van der Waals surface area (Å²) in [5.41, 5.74) is 4.44. The average Bonchev–Trinajstić information content (AvgIpc) is 2.55. The van der Waals surface area contributed by atoms with Gasteiger partial charge in [-0.3, -0.25) is 4.98 Å². The van der Waals surface area contributed by atoms with Crippen molar-refractivity contribution in [3.8, 4) is 0 Å². The maximum Gasteiger partial charge on any atom is 0.145 e. The molecular weight excluding hydrogens is 258 g/mol. The Bertz CT molecular complexity index is 735. The SMILES string of the molecule is CCc1ccc(C(C)Nc2cnc3ccccc3n2)cc1. The minimum atomic E-state index is 0.200. The lowest BCUT2D eigenvalue weighted by atomic mass is 10.1. The van der Waals surface area contributed by atoms with Crippen molar-refractivity contribution >= 4 is 16.9 Å². The van der Waals surface area contributed by atoms with Crippen molar-refractivity contribution in [3.05, 3.63) is 65.9 Å². The number of aromatic nitrogens is 2. The highest BCUT2D eigenvalue weighted by atomic mass is 15.0. The van der Waals surface area contributed by atoms with Gasteiger partial charge < -0.3 is 5.32 Å². The quantitative estimate of drug-likeness (QED) is 0.769. The zero-order valence-corrected chi connectivity index (χ0v) is 12.4. The van der Waals surface area contributed by atoms with E-state index in [1.54, 1.807) is 6.20 Å². The molecule has 0 bridgehead atoms. The lowest BCUT2D eigenvalue weighted by Gasteiger charge is -2.15. The number of aryl methyl sites for hydroxylation is 1. The number of rotatable bonds is 4. The number of fused-ring (bicyclic) bond motifs is 1. The van der Waals surface area contributed by atoms with Gasteiger partial charge in [0.05, 0.1) is 17.2 Å². The van der Waals surface area contributed by atoms with Crippen LogP contribution in [0.1, 0.15) is 31.0 Å². The second-order valence-corrected chi connectivity index (χ2v) is 5.21. The van der Waals surface area contributed by atoms with Crippen molar-refractivity contribution < 1.29 is 0 Å². The van der Waals surface area contributed by atoms with Crippen molar-refractivity contribution in [3.63, 3.8) is 0 Å². The Morgan fingerprint density at radius 2 is 1.71 bits per heavy atom. The molecule has 0 radical (unpaired) electrons. The second-order valence-electron chi connectivity index (χ2n) is 5.21. The number of anilines is 1. The number of nitrogens with zero attached hydrogens (tertiary/aromatic N) is 2. The first-order valence-corrected chi connectivity index (χ1v) is 7.33. The van der Waals surface area contributed by atoms with Gasteiger partial charge in [-0.05, 0) is 36.6 Å². The summed E-state index contributed by atoms with van der Waals surface area (Å²) in [4.78, 5) is 9.03. The third kappa shape index (κ3) is 3.02. The van der Waals surface area contributed by atoms with Crippen LogP contribution >= 0.6 is 0 Å². The summed E-state index contributed by atoms with van der Waals surface area (Å²) in [7, 11) is 0. The minimum absolute atomic E-state index is 0.200. The van der Waals surface area contributed by atoms with Gasteiger partial charge in [0.2, 0.25) is 0 Å². The molecule has 0 saturated heterocycles. The molecule has 2 aromatic carbocycles. The molecule has 1 aromatic heterocycles. The van der Waals surface area contributed by atoms with E-state index in [2.05, 4.69) is 53.4 Å². The second kappa shape index (κ2) is 5.92. The smallest absolute Gasteiger partial charge is 0.145 e. The van der Waals surface area contributed by atoms with Crippen LogP contribution in [0.5, 0.6) is 0 Å². The van der Waals surface area contributed by atoms with E-state index in [4.69, 9.17) is 0 Å². The normalized spacial score (nSPS) is 12.3. The highest BCUT2D eigenvalue weighted by molar-refractivity contribution is 5.75. The third-order valence-electron chi connectivity index (χ3n) is 3.70. The summed E-state index contributed by atoms with van der Waals surface area (Å²) >= 11 is 0. The molecule has 3 heteroatoms. The fourth-order valence-corrected chi connectivity index (χ4v) is 2.37. The first-order valence-electron chi connectivity index (χ1n) is 7.33. The van der Waals surface area contributed by atoms with Gasteiger partial charge in [0.15, 0.2) is 0 Å². The van der Waals surface area contributed by atoms with Gasteiger partial charge >= 0.3 is 0 Å². The summed E-state index contributed by atoms with van der Waals surface area (Å²) in [5, 5.41) is 3.41. The molecular formula is C18H19N3. The van der Waals surface area contributed by atoms with E-state index in [1.807, 2.05) is 24.3 Å². The van der Waals surface area contributed by atoms with E-state index in [9.17, 15) is 0 Å². The minimum Gasteiger partial charge on any atom is -0.362 e. The van der Waals surface area contributed by atoms with Crippen LogP contribution in [0.15, 0.2) is 54.7 Å². The Morgan fingerprint density at radius 3 is 2.43 bits per heavy atom. The fraction of sp³-hybridized carbons (Fsp3) is 0.222. The zero-order chi connectivity index (χ0) is 14.7. The average molecular weight is 277 g/mol. The first-order chi connectivity index (χ1) is 10.3. The molecule has 0 amide bonds. The van der Waals surface area contributed by atoms with Crippen molar-refractivity contribution in [2.24, 2.45) is 0 Å². The molecule has 0 saturated carbocycles. The highest BCUT2D eigenvalue weighted by Crippen LogP contribution is 2.19. The molecule has 106 valence electrons. The van der Waals surface area contributed by atoms with Gasteiger partial charge in [-0.2, -0.15) is 0 Å². The number of hydrogen-bond acceptors (Lipinski definition) is 3. The molecule has 0 spiro atoms. The van der Waals surface area contributed by atoms with Crippen LogP contribution in [-0.2, 0) is 6.42 Å². The van der Waals surface area contributed by atoms with E-state index in [-0.39, 0.29) is 6.04 Å². The van der Waals surface area contributed by atoms with Crippen LogP contribution < -0.4 is 5.32 Å². The summed E-state index contributed by atoms with van der Waals surface area (Å²) in [6, 6.07) is 16.8. The predicted octanol–water partition coefficient (Wildman–Crippen LogP) is 4.37. The number of para-hydroxylation sites is 2. The van der Waals surface area contributed by atoms with Gasteiger partial charge in [-0.25, -0.2) is 4.98 Å². The van der Waals surface area contributed by atoms with E-state index >= 15 is 0 Å². The highest BCUT2D eigenvalue weighted by Gasteiger charge is 2.07. The topological polar surface area (TPSA) is 37.8 Å². The zero-order valence-electron chi connectivity index (χ0n) is 12.4. The van der Waals surface area contributed by atoms with Crippen LogP contribution in [0.2, 0.25) is 0 Å². The van der Waals surface area contributed by atoms with E-state index in [0.717, 1.165) is 23.3 Å². The van der Waals surface area contributed by atoms with Gasteiger partial charge in [0.1, 0.15) is 5.82 Å². The molecule has 0 aliphatic rings. The molecule has 3 rings (SSSR count). The molecule has 0 fully saturated rings. The van der Waals surface area contributed by atoms with Gasteiger partial charge in [-0.1, -0.05) is 43.3 Å². The van der Waals surface area contributed by atoms with Gasteiger partial charge in [0, 0.05) is 6.04 Å². The Labute approximate surface area is 125 Å². The molecule has 1 N–H and O–H groups in total. The van der Waals surface area contributed by atoms with Gasteiger partial charge in [0.25, 0.3) is 0 Å². The molecule has 21 heavy (non-hydrogen) atoms. The summed E-state index contributed by atoms with van der Waals surface area (Å²) in [6.07, 6.45) is 2.86. The molecule has 0 aliphatic heterocycles. The van der Waals surface area contributed by atoms with E-state index in [0.29, 0.717) is 0 Å². The molecule has 3 nitrogen and oxygen atoms in total. The Kier molecular flexibility index (Phi) is 3.82. The maximum atomic E-state index is 4.60. The van der Waals surface area contributed by atoms with Crippen molar-refractivity contribution in [2.75, 3.05) is 5.32 Å². The van der Waals surface area contributed by atoms with Crippen molar-refractivity contribution in [1.82, 2.24) is 9.97 Å². The first kappa shape index (κ1) is 13.6. The molecule has 3 aromatic rings. The van der Waals surface area contributed by atoms with E-state index < -0.39 is 0 Å². The molecule has 1 heterocycles. The Morgan fingerprint density at radius 1 is 1.00 bits per heavy atom. The molecule has 0 aliphatic carbocycles. The van der Waals surface area contributed by atoms with Gasteiger partial charge in [-0.15, -0.1) is 0 Å². The summed E-state index contributed by atoms with van der Waals surface area (Å²) in [5.74, 6) is 0.806. The van der Waals surface area contributed by atoms with Crippen molar-refractivity contribution in [1.29, 1.82) is 0 Å². The largest absolute Gasteiger partial charge is 0.362 e. The standard InChI is InChI=1S/C18H19N3/c1-3-14-8-10-15(11-9-14)13(2)20-18-12-19-16-6-4-5-7-17(16)21-18/h4-13H,3H2,1-2H3,(H,20,21). The summed E-state index contributed by atoms with van der Waals surface area (Å²) < 4.78 is 0. The summed E-state index contributed by atoms with van der Waals surface area (Å²) in [6.45, 7) is 4.30. The van der Waals surface area contributed by atoms with E-state index in [1.165, 1.54) is 11.1 Å². The Balaban J connectivity index is 1.79. The van der Waals surface area contributed by atoms with Crippen LogP contribution in [-0.4, -0.2) is 9.97 Å². The third-order valence-corrected chi connectivity index (χ3v) is 3.70. The number of nitrogens with one attached hydrogen (secondary N) is 1. The lowest BCUT2D eigenvalue weighted by Crippen LogP contribution is -2.08. The van der Waals surface area contributed by atoms with Crippen LogP contribution in [0.3, 0.4) is 0 Å². The number of hydrogen-bond donors (Lipinski definition) is 1. The predicted molar refractivity (Wildman–Crippen MR) is 87.4 cm³/mol. The van der Waals surface area contributed by atoms with Crippen LogP contribution in [0.4, 0.5) is 5.82 Å². The maximum absolute atomic E-state index is 4.60.